The molecule has 0 aliphatic heterocycles. The Morgan fingerprint density at radius 2 is 2.15 bits per heavy atom. The standard InChI is InChI=1S/C16H19BrO3/c1-10-6-12(16(4-5-16)8-14(18)19)15(13(17)7-10)20-9-11-2-3-11/h6-7,11H,2-5,8-9H2,1H3,(H,18,19). The molecule has 0 unspecified atom stereocenters. The predicted octanol–water partition coefficient (Wildman–Crippen LogP) is 4.05. The van der Waals surface area contributed by atoms with Crippen LogP contribution in [0.2, 0.25) is 0 Å². The maximum atomic E-state index is 11.1. The average Bonchev–Trinajstić information content (AvgIpc) is 3.21. The Bertz CT molecular complexity index is 545. The van der Waals surface area contributed by atoms with Crippen LogP contribution in [-0.4, -0.2) is 17.7 Å². The Hall–Kier alpha value is -1.03. The molecular formula is C16H19BrO3. The number of hydrogen-bond acceptors (Lipinski definition) is 2. The lowest BCUT2D eigenvalue weighted by Gasteiger charge is -2.20. The topological polar surface area (TPSA) is 46.5 Å². The zero-order valence-corrected chi connectivity index (χ0v) is 13.2. The molecule has 2 aliphatic rings. The Balaban J connectivity index is 1.92. The molecule has 1 aromatic carbocycles. The molecule has 1 N–H and O–H groups in total. The first-order chi connectivity index (χ1) is 9.50. The number of carboxylic acid groups (broad SMARTS) is 1. The molecular weight excluding hydrogens is 320 g/mol. The molecule has 0 saturated heterocycles. The third-order valence-electron chi connectivity index (χ3n) is 4.26. The maximum absolute atomic E-state index is 11.1. The highest BCUT2D eigenvalue weighted by molar-refractivity contribution is 9.10. The second-order valence-electron chi connectivity index (χ2n) is 6.23. The second-order valence-corrected chi connectivity index (χ2v) is 7.08. The van der Waals surface area contributed by atoms with Gasteiger partial charge in [0, 0.05) is 11.0 Å². The molecule has 20 heavy (non-hydrogen) atoms. The molecule has 3 rings (SSSR count). The summed E-state index contributed by atoms with van der Waals surface area (Å²) >= 11 is 3.58. The van der Waals surface area contributed by atoms with Crippen LogP contribution in [0.1, 0.15) is 43.2 Å². The fourth-order valence-electron chi connectivity index (χ4n) is 2.74. The zero-order chi connectivity index (χ0) is 14.3. The van der Waals surface area contributed by atoms with Crippen molar-refractivity contribution in [2.45, 2.75) is 44.4 Å². The largest absolute Gasteiger partial charge is 0.492 e. The lowest BCUT2D eigenvalue weighted by Crippen LogP contribution is -2.15. The molecule has 0 radical (unpaired) electrons. The number of rotatable bonds is 6. The summed E-state index contributed by atoms with van der Waals surface area (Å²) in [5.74, 6) is 0.820. The number of hydrogen-bond donors (Lipinski definition) is 1. The number of ether oxygens (including phenoxy) is 1. The minimum absolute atomic E-state index is 0.197. The van der Waals surface area contributed by atoms with Crippen LogP contribution in [0.25, 0.3) is 0 Å². The summed E-state index contributed by atoms with van der Waals surface area (Å²) in [5.41, 5.74) is 2.01. The molecule has 108 valence electrons. The monoisotopic (exact) mass is 338 g/mol. The van der Waals surface area contributed by atoms with Crippen molar-refractivity contribution in [3.63, 3.8) is 0 Å². The third kappa shape index (κ3) is 2.85. The van der Waals surface area contributed by atoms with E-state index in [9.17, 15) is 4.79 Å². The van der Waals surface area contributed by atoms with Crippen molar-refractivity contribution in [1.29, 1.82) is 0 Å². The quantitative estimate of drug-likeness (QED) is 0.850. The molecule has 4 heteroatoms. The van der Waals surface area contributed by atoms with Crippen molar-refractivity contribution in [2.24, 2.45) is 5.92 Å². The SMILES string of the molecule is Cc1cc(Br)c(OCC2CC2)c(C2(CC(=O)O)CC2)c1. The van der Waals surface area contributed by atoms with Crippen LogP contribution in [0, 0.1) is 12.8 Å². The van der Waals surface area contributed by atoms with Gasteiger partial charge in [-0.15, -0.1) is 0 Å². The predicted molar refractivity (Wildman–Crippen MR) is 80.3 cm³/mol. The van der Waals surface area contributed by atoms with E-state index in [0.29, 0.717) is 5.92 Å². The van der Waals surface area contributed by atoms with Crippen molar-refractivity contribution in [3.8, 4) is 5.75 Å². The van der Waals surface area contributed by atoms with E-state index >= 15 is 0 Å². The first-order valence-electron chi connectivity index (χ1n) is 7.15. The summed E-state index contributed by atoms with van der Waals surface area (Å²) in [4.78, 5) is 11.1. The maximum Gasteiger partial charge on any atom is 0.304 e. The number of carboxylic acids is 1. The lowest BCUT2D eigenvalue weighted by atomic mass is 9.90. The van der Waals surface area contributed by atoms with E-state index in [1.54, 1.807) is 0 Å². The van der Waals surface area contributed by atoms with Crippen molar-refractivity contribution < 1.29 is 14.6 Å². The van der Waals surface area contributed by atoms with Gasteiger partial charge in [0.1, 0.15) is 5.75 Å². The van der Waals surface area contributed by atoms with E-state index in [4.69, 9.17) is 9.84 Å². The number of benzene rings is 1. The van der Waals surface area contributed by atoms with E-state index in [0.717, 1.165) is 40.8 Å². The van der Waals surface area contributed by atoms with E-state index in [1.807, 2.05) is 13.0 Å². The fraction of sp³-hybridized carbons (Fsp3) is 0.562. The van der Waals surface area contributed by atoms with Crippen molar-refractivity contribution in [1.82, 2.24) is 0 Å². The Morgan fingerprint density at radius 3 is 2.70 bits per heavy atom. The first-order valence-corrected chi connectivity index (χ1v) is 7.95. The van der Waals surface area contributed by atoms with Crippen LogP contribution in [0.4, 0.5) is 0 Å². The number of aliphatic carboxylic acids is 1. The molecule has 0 amide bonds. The van der Waals surface area contributed by atoms with Crippen molar-refractivity contribution in [2.75, 3.05) is 6.61 Å². The number of carbonyl (C=O) groups is 1. The normalized spacial score (nSPS) is 19.7. The Labute approximate surface area is 127 Å². The zero-order valence-electron chi connectivity index (χ0n) is 11.6. The molecule has 1 aromatic rings. The van der Waals surface area contributed by atoms with Crippen LogP contribution in [0.3, 0.4) is 0 Å². The van der Waals surface area contributed by atoms with Gasteiger partial charge in [0.2, 0.25) is 0 Å². The van der Waals surface area contributed by atoms with Gasteiger partial charge in [-0.3, -0.25) is 4.79 Å². The van der Waals surface area contributed by atoms with Gasteiger partial charge in [0.25, 0.3) is 0 Å². The van der Waals surface area contributed by atoms with E-state index < -0.39 is 5.97 Å². The van der Waals surface area contributed by atoms with Crippen LogP contribution >= 0.6 is 15.9 Å². The van der Waals surface area contributed by atoms with Crippen LogP contribution < -0.4 is 4.74 Å². The van der Waals surface area contributed by atoms with Crippen molar-refractivity contribution in [3.05, 3.63) is 27.7 Å². The molecule has 0 atom stereocenters. The van der Waals surface area contributed by atoms with Gasteiger partial charge < -0.3 is 9.84 Å². The average molecular weight is 339 g/mol. The molecule has 2 fully saturated rings. The van der Waals surface area contributed by atoms with Crippen LogP contribution in [0.15, 0.2) is 16.6 Å². The highest BCUT2D eigenvalue weighted by atomic mass is 79.9. The molecule has 2 saturated carbocycles. The van der Waals surface area contributed by atoms with E-state index in [2.05, 4.69) is 22.0 Å². The highest BCUT2D eigenvalue weighted by Crippen LogP contribution is 2.55. The summed E-state index contributed by atoms with van der Waals surface area (Å²) < 4.78 is 6.96. The molecule has 0 heterocycles. The highest BCUT2D eigenvalue weighted by Gasteiger charge is 2.48. The summed E-state index contributed by atoms with van der Waals surface area (Å²) in [6.07, 6.45) is 4.57. The third-order valence-corrected chi connectivity index (χ3v) is 4.85. The Morgan fingerprint density at radius 1 is 1.45 bits per heavy atom. The molecule has 3 nitrogen and oxygen atoms in total. The van der Waals surface area contributed by atoms with Crippen molar-refractivity contribution >= 4 is 21.9 Å². The van der Waals surface area contributed by atoms with Gasteiger partial charge in [-0.05, 0) is 66.1 Å². The number of aryl methyl sites for hydroxylation is 1. The van der Waals surface area contributed by atoms with Gasteiger partial charge in [-0.25, -0.2) is 0 Å². The van der Waals surface area contributed by atoms with E-state index in [-0.39, 0.29) is 11.8 Å². The smallest absolute Gasteiger partial charge is 0.304 e. The summed E-state index contributed by atoms with van der Waals surface area (Å²) in [7, 11) is 0. The molecule has 2 aliphatic carbocycles. The van der Waals surface area contributed by atoms with Gasteiger partial charge in [0.05, 0.1) is 17.5 Å². The van der Waals surface area contributed by atoms with Gasteiger partial charge in [-0.1, -0.05) is 6.07 Å². The fourth-order valence-corrected chi connectivity index (χ4v) is 3.43. The summed E-state index contributed by atoms with van der Waals surface area (Å²) in [6.45, 7) is 2.79. The summed E-state index contributed by atoms with van der Waals surface area (Å²) in [5, 5.41) is 9.16. The second kappa shape index (κ2) is 5.06. The summed E-state index contributed by atoms with van der Waals surface area (Å²) in [6, 6.07) is 4.14. The van der Waals surface area contributed by atoms with Gasteiger partial charge in [0.15, 0.2) is 0 Å². The first kappa shape index (κ1) is 13.9. The van der Waals surface area contributed by atoms with Gasteiger partial charge in [-0.2, -0.15) is 0 Å². The van der Waals surface area contributed by atoms with Crippen LogP contribution in [-0.2, 0) is 10.2 Å². The molecule has 0 spiro atoms. The van der Waals surface area contributed by atoms with Crippen LogP contribution in [0.5, 0.6) is 5.75 Å². The molecule has 0 bridgehead atoms. The number of halogens is 1. The molecule has 0 aromatic heterocycles. The lowest BCUT2D eigenvalue weighted by molar-refractivity contribution is -0.137. The minimum atomic E-state index is -0.728. The van der Waals surface area contributed by atoms with E-state index in [1.165, 1.54) is 12.8 Å². The van der Waals surface area contributed by atoms with Gasteiger partial charge >= 0.3 is 5.97 Å². The minimum Gasteiger partial charge on any atom is -0.492 e. The Kier molecular flexibility index (Phi) is 3.53.